The highest BCUT2D eigenvalue weighted by Crippen LogP contribution is 2.41. The SMILES string of the molecule is CCC1SCC(C)(C)CS1. The Morgan fingerprint density at radius 2 is 1.80 bits per heavy atom. The van der Waals surface area contributed by atoms with E-state index in [9.17, 15) is 0 Å². The summed E-state index contributed by atoms with van der Waals surface area (Å²) < 4.78 is 0.882. The second kappa shape index (κ2) is 3.40. The third kappa shape index (κ3) is 2.39. The smallest absolute Gasteiger partial charge is 0.0500 e. The van der Waals surface area contributed by atoms with Crippen LogP contribution in [0.15, 0.2) is 0 Å². The van der Waals surface area contributed by atoms with Crippen molar-refractivity contribution in [2.45, 2.75) is 31.8 Å². The van der Waals surface area contributed by atoms with Gasteiger partial charge in [-0.2, -0.15) is 0 Å². The van der Waals surface area contributed by atoms with Crippen LogP contribution in [-0.4, -0.2) is 16.1 Å². The first-order valence-electron chi connectivity index (χ1n) is 3.87. The molecule has 0 atom stereocenters. The second-order valence-electron chi connectivity index (χ2n) is 3.62. The summed E-state index contributed by atoms with van der Waals surface area (Å²) in [6, 6.07) is 0. The largest absolute Gasteiger partial charge is 0.147 e. The quantitative estimate of drug-likeness (QED) is 0.601. The predicted octanol–water partition coefficient (Wildman–Crippen LogP) is 3.23. The normalized spacial score (nSPS) is 26.7. The van der Waals surface area contributed by atoms with Gasteiger partial charge in [-0.05, 0) is 11.8 Å². The highest BCUT2D eigenvalue weighted by atomic mass is 32.2. The van der Waals surface area contributed by atoms with Gasteiger partial charge in [-0.25, -0.2) is 0 Å². The molecule has 0 spiro atoms. The molecule has 0 N–H and O–H groups in total. The van der Waals surface area contributed by atoms with E-state index in [0.717, 1.165) is 4.58 Å². The van der Waals surface area contributed by atoms with Gasteiger partial charge in [0.1, 0.15) is 0 Å². The summed E-state index contributed by atoms with van der Waals surface area (Å²) >= 11 is 4.27. The van der Waals surface area contributed by atoms with Crippen molar-refractivity contribution in [2.24, 2.45) is 5.41 Å². The zero-order valence-corrected chi connectivity index (χ0v) is 8.65. The van der Waals surface area contributed by atoms with Gasteiger partial charge < -0.3 is 0 Å². The zero-order chi connectivity index (χ0) is 7.61. The van der Waals surface area contributed by atoms with Crippen molar-refractivity contribution in [3.05, 3.63) is 0 Å². The van der Waals surface area contributed by atoms with Gasteiger partial charge in [0.15, 0.2) is 0 Å². The Balaban J connectivity index is 2.31. The van der Waals surface area contributed by atoms with Gasteiger partial charge in [-0.1, -0.05) is 20.8 Å². The van der Waals surface area contributed by atoms with Crippen molar-refractivity contribution in [3.63, 3.8) is 0 Å². The Labute approximate surface area is 72.5 Å². The molecule has 0 amide bonds. The lowest BCUT2D eigenvalue weighted by Crippen LogP contribution is -2.25. The van der Waals surface area contributed by atoms with Gasteiger partial charge in [0.25, 0.3) is 0 Å². The van der Waals surface area contributed by atoms with Crippen molar-refractivity contribution in [2.75, 3.05) is 11.5 Å². The Hall–Kier alpha value is 0.700. The monoisotopic (exact) mass is 176 g/mol. The molecule has 2 heteroatoms. The minimum Gasteiger partial charge on any atom is -0.147 e. The molecule has 0 bridgehead atoms. The molecule has 0 aliphatic carbocycles. The summed E-state index contributed by atoms with van der Waals surface area (Å²) in [4.78, 5) is 0. The average Bonchev–Trinajstić information content (AvgIpc) is 1.88. The molecule has 0 aromatic rings. The van der Waals surface area contributed by atoms with E-state index in [-0.39, 0.29) is 0 Å². The van der Waals surface area contributed by atoms with E-state index in [2.05, 4.69) is 44.3 Å². The van der Waals surface area contributed by atoms with Crippen LogP contribution in [0.1, 0.15) is 27.2 Å². The highest BCUT2D eigenvalue weighted by molar-refractivity contribution is 8.17. The maximum atomic E-state index is 2.36. The summed E-state index contributed by atoms with van der Waals surface area (Å²) in [6.45, 7) is 7.00. The van der Waals surface area contributed by atoms with Crippen LogP contribution in [0.25, 0.3) is 0 Å². The van der Waals surface area contributed by atoms with Gasteiger partial charge in [0.05, 0.1) is 0 Å². The number of thioether (sulfide) groups is 2. The van der Waals surface area contributed by atoms with E-state index in [1.165, 1.54) is 17.9 Å². The van der Waals surface area contributed by atoms with Crippen molar-refractivity contribution in [1.29, 1.82) is 0 Å². The zero-order valence-electron chi connectivity index (χ0n) is 7.02. The minimum absolute atomic E-state index is 0.584. The minimum atomic E-state index is 0.584. The third-order valence-electron chi connectivity index (χ3n) is 1.65. The molecule has 1 rings (SSSR count). The maximum absolute atomic E-state index is 2.36. The maximum Gasteiger partial charge on any atom is 0.0500 e. The van der Waals surface area contributed by atoms with Gasteiger partial charge in [0.2, 0.25) is 0 Å². The lowest BCUT2D eigenvalue weighted by Gasteiger charge is -2.32. The molecule has 1 heterocycles. The molecule has 60 valence electrons. The van der Waals surface area contributed by atoms with Gasteiger partial charge in [0, 0.05) is 16.1 Å². The molecule has 0 aromatic carbocycles. The van der Waals surface area contributed by atoms with Gasteiger partial charge >= 0.3 is 0 Å². The molecule has 1 saturated heterocycles. The molecule has 1 aliphatic rings. The number of hydrogen-bond acceptors (Lipinski definition) is 2. The van der Waals surface area contributed by atoms with Crippen molar-refractivity contribution < 1.29 is 0 Å². The molecule has 10 heavy (non-hydrogen) atoms. The Bertz CT molecular complexity index is 99.8. The molecule has 0 saturated carbocycles. The predicted molar refractivity (Wildman–Crippen MR) is 52.8 cm³/mol. The van der Waals surface area contributed by atoms with Crippen molar-refractivity contribution >= 4 is 23.5 Å². The van der Waals surface area contributed by atoms with Gasteiger partial charge in [-0.15, -0.1) is 23.5 Å². The third-order valence-corrected chi connectivity index (χ3v) is 5.78. The summed E-state index contributed by atoms with van der Waals surface area (Å²) in [5.74, 6) is 2.69. The molecule has 0 unspecified atom stereocenters. The molecule has 1 fully saturated rings. The van der Waals surface area contributed by atoms with Crippen molar-refractivity contribution in [3.8, 4) is 0 Å². The highest BCUT2D eigenvalue weighted by Gasteiger charge is 2.26. The van der Waals surface area contributed by atoms with E-state index >= 15 is 0 Å². The average molecular weight is 176 g/mol. The summed E-state index contributed by atoms with van der Waals surface area (Å²) in [5, 5.41) is 0. The lowest BCUT2D eigenvalue weighted by atomic mass is 10.0. The number of rotatable bonds is 1. The van der Waals surface area contributed by atoms with Crippen LogP contribution in [0, 0.1) is 5.41 Å². The number of hydrogen-bond donors (Lipinski definition) is 0. The van der Waals surface area contributed by atoms with E-state index in [1.54, 1.807) is 0 Å². The van der Waals surface area contributed by atoms with E-state index in [4.69, 9.17) is 0 Å². The van der Waals surface area contributed by atoms with Gasteiger partial charge in [-0.3, -0.25) is 0 Å². The van der Waals surface area contributed by atoms with E-state index in [0.29, 0.717) is 5.41 Å². The molecular weight excluding hydrogens is 160 g/mol. The lowest BCUT2D eigenvalue weighted by molar-refractivity contribution is 0.488. The standard InChI is InChI=1S/C8H16S2/c1-4-7-9-5-8(2,3)6-10-7/h7H,4-6H2,1-3H3. The van der Waals surface area contributed by atoms with Crippen LogP contribution in [0.5, 0.6) is 0 Å². The summed E-state index contributed by atoms with van der Waals surface area (Å²) in [6.07, 6.45) is 1.32. The molecule has 0 radical (unpaired) electrons. The van der Waals surface area contributed by atoms with Crippen LogP contribution < -0.4 is 0 Å². The van der Waals surface area contributed by atoms with Crippen LogP contribution in [-0.2, 0) is 0 Å². The first kappa shape index (κ1) is 8.79. The first-order chi connectivity index (χ1) is 4.64. The fourth-order valence-corrected chi connectivity index (χ4v) is 3.83. The first-order valence-corrected chi connectivity index (χ1v) is 5.97. The molecule has 0 aromatic heterocycles. The molecule has 1 aliphatic heterocycles. The molecule has 0 nitrogen and oxygen atoms in total. The summed E-state index contributed by atoms with van der Waals surface area (Å²) in [7, 11) is 0. The van der Waals surface area contributed by atoms with E-state index < -0.39 is 0 Å². The van der Waals surface area contributed by atoms with Crippen LogP contribution in [0.4, 0.5) is 0 Å². The van der Waals surface area contributed by atoms with Crippen LogP contribution in [0.2, 0.25) is 0 Å². The van der Waals surface area contributed by atoms with Crippen LogP contribution in [0.3, 0.4) is 0 Å². The Morgan fingerprint density at radius 1 is 1.30 bits per heavy atom. The Kier molecular flexibility index (Phi) is 2.99. The van der Waals surface area contributed by atoms with Crippen molar-refractivity contribution in [1.82, 2.24) is 0 Å². The molecular formula is C8H16S2. The van der Waals surface area contributed by atoms with E-state index in [1.807, 2.05) is 0 Å². The van der Waals surface area contributed by atoms with Crippen LogP contribution >= 0.6 is 23.5 Å². The Morgan fingerprint density at radius 3 is 2.20 bits per heavy atom. The second-order valence-corrected chi connectivity index (χ2v) is 6.30. The fourth-order valence-electron chi connectivity index (χ4n) is 0.963. The fraction of sp³-hybridized carbons (Fsp3) is 1.00. The topological polar surface area (TPSA) is 0 Å². The summed E-state index contributed by atoms with van der Waals surface area (Å²) in [5.41, 5.74) is 0.584.